The number of aryl methyl sites for hydroxylation is 2. The first-order valence-corrected chi connectivity index (χ1v) is 11.7. The van der Waals surface area contributed by atoms with Crippen molar-refractivity contribution in [1.82, 2.24) is 5.32 Å². The molecule has 0 bridgehead atoms. The fourth-order valence-electron chi connectivity index (χ4n) is 4.05. The van der Waals surface area contributed by atoms with Crippen molar-refractivity contribution in [2.45, 2.75) is 45.7 Å². The number of nitrogens with one attached hydrogen (secondary N) is 3. The first-order chi connectivity index (χ1) is 17.1. The molecule has 188 valence electrons. The Morgan fingerprint density at radius 3 is 2.00 bits per heavy atom. The van der Waals surface area contributed by atoms with Crippen molar-refractivity contribution in [2.75, 3.05) is 10.6 Å². The van der Waals surface area contributed by atoms with E-state index in [1.54, 1.807) is 36.4 Å². The van der Waals surface area contributed by atoms with Crippen LogP contribution in [0, 0.1) is 13.8 Å². The Bertz CT molecular complexity index is 1220. The van der Waals surface area contributed by atoms with Gasteiger partial charge in [-0.3, -0.25) is 14.4 Å². The zero-order valence-electron chi connectivity index (χ0n) is 20.7. The van der Waals surface area contributed by atoms with E-state index in [4.69, 9.17) is 5.73 Å². The number of aromatic hydroxyl groups is 1. The minimum absolute atomic E-state index is 0.176. The average molecular weight is 489 g/mol. The quantitative estimate of drug-likeness (QED) is 0.315. The van der Waals surface area contributed by atoms with Crippen LogP contribution in [0.4, 0.5) is 11.4 Å². The number of rotatable bonds is 9. The van der Waals surface area contributed by atoms with Gasteiger partial charge < -0.3 is 26.8 Å². The molecular weight excluding hydrogens is 456 g/mol. The molecule has 0 unspecified atom stereocenters. The van der Waals surface area contributed by atoms with Gasteiger partial charge in [0.25, 0.3) is 0 Å². The Hall–Kier alpha value is -4.17. The molecule has 0 saturated carbocycles. The van der Waals surface area contributed by atoms with E-state index in [1.165, 1.54) is 6.92 Å². The summed E-state index contributed by atoms with van der Waals surface area (Å²) in [6.45, 7) is 5.10. The van der Waals surface area contributed by atoms with Crippen LogP contribution in [0.5, 0.6) is 5.75 Å². The molecule has 36 heavy (non-hydrogen) atoms. The van der Waals surface area contributed by atoms with Crippen LogP contribution in [0.15, 0.2) is 66.7 Å². The number of nitrogens with two attached hydrogens (primary N) is 1. The van der Waals surface area contributed by atoms with Gasteiger partial charge in [-0.15, -0.1) is 0 Å². The normalized spacial score (nSPS) is 12.3. The van der Waals surface area contributed by atoms with E-state index in [1.807, 2.05) is 44.2 Å². The molecule has 0 aromatic heterocycles. The second-order valence-electron chi connectivity index (χ2n) is 8.87. The molecule has 3 aromatic rings. The molecule has 3 rings (SSSR count). The largest absolute Gasteiger partial charge is 0.508 e. The van der Waals surface area contributed by atoms with E-state index in [2.05, 4.69) is 16.0 Å². The highest BCUT2D eigenvalue weighted by Crippen LogP contribution is 2.22. The summed E-state index contributed by atoms with van der Waals surface area (Å²) in [6.07, 6.45) is 0.658. The Balaban J connectivity index is 1.66. The van der Waals surface area contributed by atoms with Crippen LogP contribution < -0.4 is 21.7 Å². The lowest BCUT2D eigenvalue weighted by molar-refractivity contribution is -0.125. The topological polar surface area (TPSA) is 134 Å². The van der Waals surface area contributed by atoms with Crippen molar-refractivity contribution in [3.05, 3.63) is 89.0 Å². The Kier molecular flexibility index (Phi) is 8.81. The molecule has 8 heteroatoms. The first kappa shape index (κ1) is 26.4. The van der Waals surface area contributed by atoms with Crippen molar-refractivity contribution in [2.24, 2.45) is 5.73 Å². The second-order valence-corrected chi connectivity index (χ2v) is 8.87. The van der Waals surface area contributed by atoms with E-state index in [0.29, 0.717) is 24.2 Å². The number of hydrogen-bond donors (Lipinski definition) is 5. The van der Waals surface area contributed by atoms with Crippen LogP contribution in [0.2, 0.25) is 0 Å². The van der Waals surface area contributed by atoms with Gasteiger partial charge in [0, 0.05) is 24.7 Å². The van der Waals surface area contributed by atoms with Gasteiger partial charge in [0.2, 0.25) is 17.7 Å². The Morgan fingerprint density at radius 1 is 0.833 bits per heavy atom. The van der Waals surface area contributed by atoms with E-state index >= 15 is 0 Å². The number of phenols is 1. The van der Waals surface area contributed by atoms with Crippen LogP contribution in [-0.2, 0) is 27.2 Å². The molecule has 0 aliphatic heterocycles. The smallest absolute Gasteiger partial charge is 0.247 e. The van der Waals surface area contributed by atoms with Gasteiger partial charge in [-0.2, -0.15) is 0 Å². The number of anilines is 2. The van der Waals surface area contributed by atoms with Crippen molar-refractivity contribution in [3.8, 4) is 5.75 Å². The highest BCUT2D eigenvalue weighted by atomic mass is 16.3. The number of carbonyl (C=O) groups excluding carboxylic acids is 3. The number of phenolic OH excluding ortho intramolecular Hbond substituents is 1. The lowest BCUT2D eigenvalue weighted by Gasteiger charge is -2.19. The minimum atomic E-state index is -0.805. The van der Waals surface area contributed by atoms with E-state index in [0.717, 1.165) is 22.3 Å². The highest BCUT2D eigenvalue weighted by molar-refractivity contribution is 5.99. The molecule has 0 saturated heterocycles. The maximum Gasteiger partial charge on any atom is 0.247 e. The van der Waals surface area contributed by atoms with Gasteiger partial charge in [-0.1, -0.05) is 36.4 Å². The minimum Gasteiger partial charge on any atom is -0.508 e. The average Bonchev–Trinajstić information content (AvgIpc) is 2.81. The highest BCUT2D eigenvalue weighted by Gasteiger charge is 2.21. The molecule has 0 heterocycles. The first-order valence-electron chi connectivity index (χ1n) is 11.7. The van der Waals surface area contributed by atoms with E-state index in [9.17, 15) is 19.5 Å². The van der Waals surface area contributed by atoms with E-state index in [-0.39, 0.29) is 23.5 Å². The zero-order chi connectivity index (χ0) is 26.2. The molecule has 0 radical (unpaired) electrons. The fourth-order valence-corrected chi connectivity index (χ4v) is 4.05. The molecule has 6 N–H and O–H groups in total. The van der Waals surface area contributed by atoms with E-state index < -0.39 is 12.1 Å². The summed E-state index contributed by atoms with van der Waals surface area (Å²) < 4.78 is 0. The Labute approximate surface area is 210 Å². The summed E-state index contributed by atoms with van der Waals surface area (Å²) in [6, 6.07) is 17.9. The van der Waals surface area contributed by atoms with Gasteiger partial charge >= 0.3 is 0 Å². The summed E-state index contributed by atoms with van der Waals surface area (Å²) in [5, 5.41) is 18.0. The summed E-state index contributed by atoms with van der Waals surface area (Å²) in [4.78, 5) is 37.4. The lowest BCUT2D eigenvalue weighted by Crippen LogP contribution is -2.44. The van der Waals surface area contributed by atoms with Gasteiger partial charge in [-0.25, -0.2) is 0 Å². The SMILES string of the molecule is CC(=O)N[C@@H](Cc1ccccc1)C(=O)Nc1cccc(NC(=O)[C@@H](N)Cc2c(C)cc(O)cc2C)c1. The number of benzene rings is 3. The van der Waals surface area contributed by atoms with Gasteiger partial charge in [0.1, 0.15) is 11.8 Å². The number of hydrogen-bond acceptors (Lipinski definition) is 5. The van der Waals surface area contributed by atoms with Crippen LogP contribution >= 0.6 is 0 Å². The van der Waals surface area contributed by atoms with Crippen LogP contribution in [0.25, 0.3) is 0 Å². The second kappa shape index (κ2) is 12.0. The summed E-state index contributed by atoms with van der Waals surface area (Å²) >= 11 is 0. The molecule has 0 fully saturated rings. The van der Waals surface area contributed by atoms with Crippen LogP contribution in [-0.4, -0.2) is 34.9 Å². The number of carbonyl (C=O) groups is 3. The molecule has 0 aliphatic carbocycles. The standard InChI is InChI=1S/C28H32N4O4/c1-17-12-23(34)13-18(2)24(17)16-25(29)27(35)31-21-10-7-11-22(15-21)32-28(36)26(30-19(3)33)14-20-8-5-4-6-9-20/h4-13,15,25-26,34H,14,16,29H2,1-3H3,(H,30,33)(H,31,35)(H,32,36)/t25-,26-/m0/s1. The van der Waals surface area contributed by atoms with Crippen molar-refractivity contribution >= 4 is 29.1 Å². The summed E-state index contributed by atoms with van der Waals surface area (Å²) in [7, 11) is 0. The van der Waals surface area contributed by atoms with Crippen molar-refractivity contribution < 1.29 is 19.5 Å². The van der Waals surface area contributed by atoms with Crippen molar-refractivity contribution in [3.63, 3.8) is 0 Å². The predicted octanol–water partition coefficient (Wildman–Crippen LogP) is 3.20. The summed E-state index contributed by atoms with van der Waals surface area (Å²) in [5.74, 6) is -0.867. The maximum atomic E-state index is 12.9. The fraction of sp³-hybridized carbons (Fsp3) is 0.250. The molecule has 0 spiro atoms. The molecule has 2 atom stereocenters. The molecule has 3 aromatic carbocycles. The van der Waals surface area contributed by atoms with Gasteiger partial charge in [0.15, 0.2) is 0 Å². The van der Waals surface area contributed by atoms with Gasteiger partial charge in [0.05, 0.1) is 6.04 Å². The molecule has 0 aliphatic rings. The molecule has 3 amide bonds. The molecule has 8 nitrogen and oxygen atoms in total. The van der Waals surface area contributed by atoms with Gasteiger partial charge in [-0.05, 0) is 72.9 Å². The maximum absolute atomic E-state index is 12.9. The third-order valence-corrected chi connectivity index (χ3v) is 5.82. The lowest BCUT2D eigenvalue weighted by atomic mass is 9.96. The summed E-state index contributed by atoms with van der Waals surface area (Å²) in [5.41, 5.74) is 10.7. The third kappa shape index (κ3) is 7.41. The van der Waals surface area contributed by atoms with Crippen LogP contribution in [0.1, 0.15) is 29.2 Å². The predicted molar refractivity (Wildman–Crippen MR) is 141 cm³/mol. The number of amides is 3. The monoisotopic (exact) mass is 488 g/mol. The van der Waals surface area contributed by atoms with Crippen molar-refractivity contribution in [1.29, 1.82) is 0 Å². The Morgan fingerprint density at radius 2 is 1.42 bits per heavy atom. The van der Waals surface area contributed by atoms with Crippen LogP contribution in [0.3, 0.4) is 0 Å². The molecular formula is C28H32N4O4. The third-order valence-electron chi connectivity index (χ3n) is 5.82. The zero-order valence-corrected chi connectivity index (χ0v) is 20.7.